The molecule has 1 aromatic heterocycles. The van der Waals surface area contributed by atoms with Gasteiger partial charge in [-0.3, -0.25) is 4.79 Å². The van der Waals surface area contributed by atoms with Gasteiger partial charge in [-0.1, -0.05) is 37.3 Å². The second kappa shape index (κ2) is 8.59. The number of nitrogens with one attached hydrogen (secondary N) is 1. The summed E-state index contributed by atoms with van der Waals surface area (Å²) in [5.74, 6) is 1.75. The number of piperidine rings is 1. The number of carbonyl (C=O) groups is 1. The van der Waals surface area contributed by atoms with Gasteiger partial charge in [0.2, 0.25) is 11.9 Å². The van der Waals surface area contributed by atoms with Crippen LogP contribution in [0.1, 0.15) is 37.4 Å². The maximum atomic E-state index is 12.4. The Labute approximate surface area is 167 Å². The molecule has 1 amide bonds. The van der Waals surface area contributed by atoms with Gasteiger partial charge in [-0.05, 0) is 37.7 Å². The van der Waals surface area contributed by atoms with E-state index in [1.165, 1.54) is 24.8 Å². The Morgan fingerprint density at radius 3 is 2.61 bits per heavy atom. The molecule has 2 aliphatic heterocycles. The van der Waals surface area contributed by atoms with E-state index in [1.807, 2.05) is 24.3 Å². The Hall–Kier alpha value is -2.63. The van der Waals surface area contributed by atoms with Crippen LogP contribution in [0.2, 0.25) is 0 Å². The van der Waals surface area contributed by atoms with Gasteiger partial charge in [0.25, 0.3) is 0 Å². The predicted octanol–water partition coefficient (Wildman–Crippen LogP) is 2.58. The number of anilines is 2. The molecule has 1 aromatic carbocycles. The van der Waals surface area contributed by atoms with Gasteiger partial charge < -0.3 is 15.1 Å². The molecule has 0 saturated carbocycles. The minimum Gasteiger partial charge on any atom is -0.350 e. The summed E-state index contributed by atoms with van der Waals surface area (Å²) < 4.78 is 0. The van der Waals surface area contributed by atoms with Crippen molar-refractivity contribution in [3.05, 3.63) is 47.7 Å². The molecule has 2 saturated heterocycles. The van der Waals surface area contributed by atoms with Crippen molar-refractivity contribution in [3.63, 3.8) is 0 Å². The number of hydrogen-bond acceptors (Lipinski definition) is 5. The van der Waals surface area contributed by atoms with Crippen LogP contribution in [0, 0.1) is 0 Å². The van der Waals surface area contributed by atoms with Crippen molar-refractivity contribution < 1.29 is 4.79 Å². The van der Waals surface area contributed by atoms with E-state index in [-0.39, 0.29) is 11.9 Å². The molecule has 148 valence electrons. The number of amides is 1. The lowest BCUT2D eigenvalue weighted by Crippen LogP contribution is -2.55. The molecular weight excluding hydrogens is 350 g/mol. The lowest BCUT2D eigenvalue weighted by atomic mass is 10.0. The molecule has 0 bridgehead atoms. The molecule has 2 aliphatic rings. The first-order valence-corrected chi connectivity index (χ1v) is 10.4. The summed E-state index contributed by atoms with van der Waals surface area (Å²) in [5.41, 5.74) is 2.27. The van der Waals surface area contributed by atoms with Crippen LogP contribution >= 0.6 is 0 Å². The number of piperazine rings is 1. The van der Waals surface area contributed by atoms with E-state index < -0.39 is 0 Å². The molecule has 1 atom stereocenters. The van der Waals surface area contributed by atoms with E-state index in [9.17, 15) is 4.79 Å². The number of aromatic nitrogens is 2. The quantitative estimate of drug-likeness (QED) is 0.865. The largest absolute Gasteiger partial charge is 0.350 e. The zero-order valence-electron chi connectivity index (χ0n) is 16.6. The molecule has 0 unspecified atom stereocenters. The zero-order valence-corrected chi connectivity index (χ0v) is 16.6. The number of hydrogen-bond donors (Lipinski definition) is 1. The Morgan fingerprint density at radius 1 is 1.07 bits per heavy atom. The van der Waals surface area contributed by atoms with Gasteiger partial charge in [-0.25, -0.2) is 4.98 Å². The van der Waals surface area contributed by atoms with Crippen molar-refractivity contribution in [2.45, 2.75) is 45.1 Å². The number of rotatable bonds is 5. The number of aryl methyl sites for hydroxylation is 1. The minimum absolute atomic E-state index is 0.0587. The lowest BCUT2D eigenvalue weighted by molar-refractivity contribution is -0.121. The maximum Gasteiger partial charge on any atom is 0.239 e. The highest BCUT2D eigenvalue weighted by atomic mass is 16.2. The second-order valence-corrected chi connectivity index (χ2v) is 7.75. The fourth-order valence-corrected chi connectivity index (χ4v) is 4.06. The average molecular weight is 380 g/mol. The summed E-state index contributed by atoms with van der Waals surface area (Å²) in [6.07, 6.45) is 5.36. The first-order valence-electron chi connectivity index (χ1n) is 10.4. The molecule has 0 aliphatic carbocycles. The van der Waals surface area contributed by atoms with Gasteiger partial charge in [-0.2, -0.15) is 4.98 Å². The topological polar surface area (TPSA) is 61.4 Å². The zero-order chi connectivity index (χ0) is 19.3. The van der Waals surface area contributed by atoms with E-state index in [1.54, 1.807) is 0 Å². The van der Waals surface area contributed by atoms with Crippen LogP contribution < -0.4 is 15.1 Å². The third-order valence-corrected chi connectivity index (χ3v) is 5.54. The molecule has 1 N–H and O–H groups in total. The SMILES string of the molecule is CCc1cc(N2CC(=O)N[C@@H](Cc3ccccc3)C2)nc(N2CCCCC2)n1. The monoisotopic (exact) mass is 379 g/mol. The minimum atomic E-state index is 0.0587. The van der Waals surface area contributed by atoms with Crippen LogP contribution in [0.25, 0.3) is 0 Å². The average Bonchev–Trinajstić information content (AvgIpc) is 2.74. The molecule has 2 aromatic rings. The van der Waals surface area contributed by atoms with Crippen LogP contribution in [0.15, 0.2) is 36.4 Å². The van der Waals surface area contributed by atoms with E-state index in [4.69, 9.17) is 9.97 Å². The highest BCUT2D eigenvalue weighted by Crippen LogP contribution is 2.22. The molecule has 28 heavy (non-hydrogen) atoms. The standard InChI is InChI=1S/C22H29N5O/c1-2-18-14-20(25-22(24-18)26-11-7-4-8-12-26)27-15-19(23-21(28)16-27)13-17-9-5-3-6-10-17/h3,5-6,9-10,14,19H,2,4,7-8,11-13,15-16H2,1H3,(H,23,28)/t19-/m0/s1. The second-order valence-electron chi connectivity index (χ2n) is 7.75. The first-order chi connectivity index (χ1) is 13.7. The summed E-state index contributed by atoms with van der Waals surface area (Å²) in [7, 11) is 0. The van der Waals surface area contributed by atoms with E-state index >= 15 is 0 Å². The van der Waals surface area contributed by atoms with Gasteiger partial charge in [0.05, 0.1) is 12.6 Å². The number of carbonyl (C=O) groups excluding carboxylic acids is 1. The molecule has 4 rings (SSSR count). The summed E-state index contributed by atoms with van der Waals surface area (Å²) in [6.45, 7) is 5.27. The van der Waals surface area contributed by atoms with Crippen molar-refractivity contribution in [2.75, 3.05) is 36.0 Å². The molecular formula is C22H29N5O. The maximum absolute atomic E-state index is 12.4. The Kier molecular flexibility index (Phi) is 5.74. The molecule has 0 spiro atoms. The molecule has 2 fully saturated rings. The fraction of sp³-hybridized carbons (Fsp3) is 0.500. The Balaban J connectivity index is 1.55. The van der Waals surface area contributed by atoms with Gasteiger partial charge >= 0.3 is 0 Å². The van der Waals surface area contributed by atoms with E-state index in [2.05, 4.69) is 34.2 Å². The predicted molar refractivity (Wildman–Crippen MR) is 112 cm³/mol. The van der Waals surface area contributed by atoms with Crippen LogP contribution in [0.4, 0.5) is 11.8 Å². The third-order valence-electron chi connectivity index (χ3n) is 5.54. The highest BCUT2D eigenvalue weighted by Gasteiger charge is 2.27. The summed E-state index contributed by atoms with van der Waals surface area (Å²) in [6, 6.07) is 12.5. The normalized spacial score (nSPS) is 20.2. The summed E-state index contributed by atoms with van der Waals surface area (Å²) in [5, 5.41) is 3.14. The highest BCUT2D eigenvalue weighted by molar-refractivity contribution is 5.82. The van der Waals surface area contributed by atoms with E-state index in [0.29, 0.717) is 6.54 Å². The number of benzene rings is 1. The van der Waals surface area contributed by atoms with Crippen molar-refractivity contribution in [3.8, 4) is 0 Å². The van der Waals surface area contributed by atoms with Crippen molar-refractivity contribution in [1.29, 1.82) is 0 Å². The first kappa shape index (κ1) is 18.7. The summed E-state index contributed by atoms with van der Waals surface area (Å²) >= 11 is 0. The molecule has 3 heterocycles. The van der Waals surface area contributed by atoms with Crippen molar-refractivity contribution in [1.82, 2.24) is 15.3 Å². The lowest BCUT2D eigenvalue weighted by Gasteiger charge is -2.35. The van der Waals surface area contributed by atoms with Crippen LogP contribution in [0.3, 0.4) is 0 Å². The Morgan fingerprint density at radius 2 is 1.86 bits per heavy atom. The third kappa shape index (κ3) is 4.43. The molecule has 6 nitrogen and oxygen atoms in total. The fourth-order valence-electron chi connectivity index (χ4n) is 4.06. The molecule has 6 heteroatoms. The van der Waals surface area contributed by atoms with Crippen LogP contribution in [-0.4, -0.2) is 48.1 Å². The van der Waals surface area contributed by atoms with Crippen LogP contribution in [-0.2, 0) is 17.6 Å². The van der Waals surface area contributed by atoms with Gasteiger partial charge in [0.1, 0.15) is 5.82 Å². The van der Waals surface area contributed by atoms with E-state index in [0.717, 1.165) is 49.9 Å². The van der Waals surface area contributed by atoms with Crippen molar-refractivity contribution >= 4 is 17.7 Å². The smallest absolute Gasteiger partial charge is 0.239 e. The van der Waals surface area contributed by atoms with Crippen LogP contribution in [0.5, 0.6) is 0 Å². The molecule has 0 radical (unpaired) electrons. The van der Waals surface area contributed by atoms with Gasteiger partial charge in [0, 0.05) is 31.4 Å². The van der Waals surface area contributed by atoms with Gasteiger partial charge in [-0.15, -0.1) is 0 Å². The number of nitrogens with zero attached hydrogens (tertiary/aromatic N) is 4. The van der Waals surface area contributed by atoms with Gasteiger partial charge in [0.15, 0.2) is 0 Å². The Bertz CT molecular complexity index is 804. The van der Waals surface area contributed by atoms with Crippen molar-refractivity contribution in [2.24, 2.45) is 0 Å². The summed E-state index contributed by atoms with van der Waals surface area (Å²) in [4.78, 5) is 26.4.